The van der Waals surface area contributed by atoms with Gasteiger partial charge < -0.3 is 10.6 Å². The average Bonchev–Trinajstić information content (AvgIpc) is 2.77. The van der Waals surface area contributed by atoms with Crippen LogP contribution in [0.5, 0.6) is 0 Å². The molecule has 31 heavy (non-hydrogen) atoms. The summed E-state index contributed by atoms with van der Waals surface area (Å²) < 4.78 is 0. The van der Waals surface area contributed by atoms with Crippen LogP contribution in [0.3, 0.4) is 0 Å². The maximum absolute atomic E-state index is 5.26. The zero-order chi connectivity index (χ0) is 20.9. The van der Waals surface area contributed by atoms with E-state index in [0.29, 0.717) is 0 Å². The molecule has 0 unspecified atom stereocenters. The van der Waals surface area contributed by atoms with Gasteiger partial charge in [-0.15, -0.1) is 18.1 Å². The summed E-state index contributed by atoms with van der Waals surface area (Å²) in [4.78, 5) is 0. The normalized spacial score (nSPS) is 14.7. The Morgan fingerprint density at radius 1 is 0.806 bits per heavy atom. The molecule has 0 aliphatic carbocycles. The topological polar surface area (TPSA) is 28.2 Å². The van der Waals surface area contributed by atoms with Crippen molar-refractivity contribution in [2.45, 2.75) is 70.6 Å². The Labute approximate surface area is 214 Å². The first kappa shape index (κ1) is 30.0. The molecule has 0 heterocycles. The number of benzene rings is 2. The molecule has 0 saturated heterocycles. The quantitative estimate of drug-likeness (QED) is 0.364. The van der Waals surface area contributed by atoms with Gasteiger partial charge in [0.15, 0.2) is 0 Å². The SMILES string of the molecule is C=C/C=C/C[C@@H]([N-][C@@H](C)c1ccccc1)[C@@H](CCCC)[N-][C@@H](C)c1ccccc1.[Li+].[Li+]. The summed E-state index contributed by atoms with van der Waals surface area (Å²) in [6, 6.07) is 21.8. The van der Waals surface area contributed by atoms with Gasteiger partial charge in [-0.1, -0.05) is 143 Å². The number of nitrogens with zero attached hydrogens (tertiary/aromatic N) is 2. The molecular weight excluding hydrogens is 366 g/mol. The largest absolute Gasteiger partial charge is 1.00 e. The zero-order valence-electron chi connectivity index (χ0n) is 20.2. The summed E-state index contributed by atoms with van der Waals surface area (Å²) in [6.07, 6.45) is 10.4. The molecule has 0 aliphatic rings. The number of hydrogen-bond acceptors (Lipinski definition) is 0. The molecule has 0 amide bonds. The Bertz CT molecular complexity index is 719. The van der Waals surface area contributed by atoms with Gasteiger partial charge in [0.2, 0.25) is 0 Å². The minimum absolute atomic E-state index is 0. The Morgan fingerprint density at radius 3 is 1.74 bits per heavy atom. The summed E-state index contributed by atoms with van der Waals surface area (Å²) in [7, 11) is 0. The molecule has 0 bridgehead atoms. The van der Waals surface area contributed by atoms with E-state index in [4.69, 9.17) is 10.6 Å². The first-order valence-electron chi connectivity index (χ1n) is 10.9. The smallest absolute Gasteiger partial charge is 0.654 e. The molecule has 2 aromatic rings. The Morgan fingerprint density at radius 2 is 1.29 bits per heavy atom. The van der Waals surface area contributed by atoms with Crippen molar-refractivity contribution in [1.82, 2.24) is 0 Å². The molecule has 0 spiro atoms. The monoisotopic (exact) mass is 402 g/mol. The average molecular weight is 402 g/mol. The Hall–Kier alpha value is -0.965. The van der Waals surface area contributed by atoms with E-state index in [9.17, 15) is 0 Å². The van der Waals surface area contributed by atoms with Crippen molar-refractivity contribution in [2.75, 3.05) is 0 Å². The molecule has 4 atom stereocenters. The summed E-state index contributed by atoms with van der Waals surface area (Å²) >= 11 is 0. The number of rotatable bonds is 13. The molecule has 4 heteroatoms. The van der Waals surface area contributed by atoms with Gasteiger partial charge in [-0.3, -0.25) is 0 Å². The second kappa shape index (κ2) is 17.6. The summed E-state index contributed by atoms with van der Waals surface area (Å²) in [6.45, 7) is 10.4. The Kier molecular flexibility index (Phi) is 17.0. The van der Waals surface area contributed by atoms with Crippen LogP contribution in [-0.2, 0) is 0 Å². The van der Waals surface area contributed by atoms with Crippen molar-refractivity contribution in [3.63, 3.8) is 0 Å². The molecule has 156 valence electrons. The van der Waals surface area contributed by atoms with Gasteiger partial charge in [-0.25, -0.2) is 0 Å². The standard InChI is InChI=1S/C27H36N2.2Li/c1-5-7-11-21-27(29-23(4)25-18-14-10-15-19-25)26(20-8-6-2)28-22(3)24-16-12-9-13-17-24;;/h5,7,9-19,22-23,26-27H,1,6,8,20-21H2,2-4H3;;/q-2;2*+1/b11-7+;;/t22-,23-,26+,27+;;/m0../s1. The van der Waals surface area contributed by atoms with Crippen LogP contribution in [0.4, 0.5) is 0 Å². The first-order valence-corrected chi connectivity index (χ1v) is 10.9. The first-order chi connectivity index (χ1) is 14.2. The van der Waals surface area contributed by atoms with Crippen LogP contribution >= 0.6 is 0 Å². The molecule has 0 N–H and O–H groups in total. The van der Waals surface area contributed by atoms with Gasteiger partial charge >= 0.3 is 37.7 Å². The second-order valence-corrected chi connectivity index (χ2v) is 7.65. The fraction of sp³-hybridized carbons (Fsp3) is 0.407. The molecule has 2 aromatic carbocycles. The van der Waals surface area contributed by atoms with Crippen LogP contribution < -0.4 is 37.7 Å². The summed E-state index contributed by atoms with van der Waals surface area (Å²) in [5.41, 5.74) is 2.53. The minimum Gasteiger partial charge on any atom is -0.654 e. The molecule has 2 nitrogen and oxygen atoms in total. The van der Waals surface area contributed by atoms with Crippen molar-refractivity contribution in [3.05, 3.63) is 107 Å². The van der Waals surface area contributed by atoms with Gasteiger partial charge in [0.05, 0.1) is 0 Å². The van der Waals surface area contributed by atoms with E-state index in [1.807, 2.05) is 12.2 Å². The zero-order valence-corrected chi connectivity index (χ0v) is 20.2. The van der Waals surface area contributed by atoms with E-state index < -0.39 is 0 Å². The van der Waals surface area contributed by atoms with Crippen molar-refractivity contribution in [2.24, 2.45) is 0 Å². The van der Waals surface area contributed by atoms with Crippen LogP contribution in [-0.4, -0.2) is 12.1 Å². The van der Waals surface area contributed by atoms with E-state index in [1.54, 1.807) is 0 Å². The van der Waals surface area contributed by atoms with Crippen LogP contribution in [0, 0.1) is 0 Å². The maximum atomic E-state index is 5.26. The molecule has 0 aromatic heterocycles. The number of allylic oxidation sites excluding steroid dienone is 2. The van der Waals surface area contributed by atoms with Crippen molar-refractivity contribution >= 4 is 0 Å². The number of unbranched alkanes of at least 4 members (excludes halogenated alkanes) is 1. The van der Waals surface area contributed by atoms with Gasteiger partial charge in [-0.05, 0) is 0 Å². The molecule has 2 rings (SSSR count). The van der Waals surface area contributed by atoms with Crippen molar-refractivity contribution in [1.29, 1.82) is 0 Å². The van der Waals surface area contributed by atoms with Crippen LogP contribution in [0.2, 0.25) is 0 Å². The van der Waals surface area contributed by atoms with Crippen LogP contribution in [0.1, 0.15) is 69.7 Å². The van der Waals surface area contributed by atoms with Crippen LogP contribution in [0.15, 0.2) is 85.5 Å². The molecular formula is C27H36Li2N2. The minimum atomic E-state index is 0. The van der Waals surface area contributed by atoms with Crippen molar-refractivity contribution < 1.29 is 37.7 Å². The molecule has 0 aliphatic heterocycles. The van der Waals surface area contributed by atoms with Crippen LogP contribution in [0.25, 0.3) is 10.6 Å². The fourth-order valence-corrected chi connectivity index (χ4v) is 3.62. The van der Waals surface area contributed by atoms with Gasteiger partial charge in [0.1, 0.15) is 0 Å². The third-order valence-electron chi connectivity index (χ3n) is 5.34. The van der Waals surface area contributed by atoms with E-state index in [1.165, 1.54) is 24.0 Å². The predicted octanol–water partition coefficient (Wildman–Crippen LogP) is 2.32. The van der Waals surface area contributed by atoms with E-state index in [-0.39, 0.29) is 61.9 Å². The molecule has 0 radical (unpaired) electrons. The molecule has 0 fully saturated rings. The van der Waals surface area contributed by atoms with E-state index >= 15 is 0 Å². The van der Waals surface area contributed by atoms with Gasteiger partial charge in [-0.2, -0.15) is 6.04 Å². The summed E-state index contributed by atoms with van der Waals surface area (Å²) in [5.74, 6) is 0. The third kappa shape index (κ3) is 10.9. The Balaban J connectivity index is 0.00000450. The number of hydrogen-bond donors (Lipinski definition) is 0. The van der Waals surface area contributed by atoms with Crippen molar-refractivity contribution in [3.8, 4) is 0 Å². The fourth-order valence-electron chi connectivity index (χ4n) is 3.62. The third-order valence-corrected chi connectivity index (χ3v) is 5.34. The van der Waals surface area contributed by atoms with E-state index in [2.05, 4.69) is 94.1 Å². The predicted molar refractivity (Wildman–Crippen MR) is 127 cm³/mol. The van der Waals surface area contributed by atoms with Gasteiger partial charge in [0.25, 0.3) is 0 Å². The molecule has 0 saturated carbocycles. The summed E-state index contributed by atoms with van der Waals surface area (Å²) in [5, 5.41) is 10.5. The van der Waals surface area contributed by atoms with Gasteiger partial charge in [0, 0.05) is 0 Å². The second-order valence-electron chi connectivity index (χ2n) is 7.65. The van der Waals surface area contributed by atoms with E-state index in [0.717, 1.165) is 12.8 Å². The maximum Gasteiger partial charge on any atom is 1.00 e.